The molecule has 2 unspecified atom stereocenters. The lowest BCUT2D eigenvalue weighted by Gasteiger charge is -2.38. The molecule has 1 aliphatic heterocycles. The number of nitrogens with zero attached hydrogens (tertiary/aromatic N) is 1. The Morgan fingerprint density at radius 2 is 1.88 bits per heavy atom. The van der Waals surface area contributed by atoms with Gasteiger partial charge in [0.05, 0.1) is 9.88 Å². The van der Waals surface area contributed by atoms with Gasteiger partial charge in [0.1, 0.15) is 0 Å². The zero-order valence-electron chi connectivity index (χ0n) is 14.3. The molecule has 25 heavy (non-hydrogen) atoms. The second-order valence-electron chi connectivity index (χ2n) is 6.09. The number of carbonyl (C=O) groups excluding carboxylic acids is 2. The molecule has 0 radical (unpaired) electrons. The van der Waals surface area contributed by atoms with Crippen molar-refractivity contribution in [1.29, 1.82) is 0 Å². The van der Waals surface area contributed by atoms with E-state index >= 15 is 0 Å². The van der Waals surface area contributed by atoms with Gasteiger partial charge < -0.3 is 15.5 Å². The minimum absolute atomic E-state index is 0.0161. The third-order valence-electron chi connectivity index (χ3n) is 4.38. The van der Waals surface area contributed by atoms with Gasteiger partial charge in [-0.05, 0) is 38.1 Å². The first-order valence-corrected chi connectivity index (χ1v) is 9.13. The summed E-state index contributed by atoms with van der Waals surface area (Å²) in [6, 6.07) is 12.8. The van der Waals surface area contributed by atoms with E-state index in [1.807, 2.05) is 35.2 Å². The Bertz CT molecular complexity index is 747. The van der Waals surface area contributed by atoms with Crippen molar-refractivity contribution in [2.75, 3.05) is 23.7 Å². The SMILES string of the molecule is CC1NCCN(C(=O)c2ccc(NC(=O)Nc3ccccc3)s2)C1C. The molecule has 1 aromatic carbocycles. The van der Waals surface area contributed by atoms with Gasteiger partial charge in [0.15, 0.2) is 0 Å². The number of benzene rings is 1. The molecule has 1 fully saturated rings. The topological polar surface area (TPSA) is 73.5 Å². The lowest BCUT2D eigenvalue weighted by atomic mass is 10.1. The van der Waals surface area contributed by atoms with Gasteiger partial charge in [0.2, 0.25) is 0 Å². The second-order valence-corrected chi connectivity index (χ2v) is 7.17. The third-order valence-corrected chi connectivity index (χ3v) is 5.37. The quantitative estimate of drug-likeness (QED) is 0.789. The van der Waals surface area contributed by atoms with Crippen LogP contribution in [0.15, 0.2) is 42.5 Å². The van der Waals surface area contributed by atoms with Crippen molar-refractivity contribution >= 4 is 34.0 Å². The zero-order chi connectivity index (χ0) is 17.8. The number of hydrogen-bond acceptors (Lipinski definition) is 4. The molecule has 2 heterocycles. The number of anilines is 2. The van der Waals surface area contributed by atoms with E-state index in [1.165, 1.54) is 11.3 Å². The largest absolute Gasteiger partial charge is 0.332 e. The molecule has 0 spiro atoms. The van der Waals surface area contributed by atoms with E-state index < -0.39 is 0 Å². The van der Waals surface area contributed by atoms with Crippen LogP contribution in [0.1, 0.15) is 23.5 Å². The molecule has 1 saturated heterocycles. The molecule has 2 aromatic rings. The van der Waals surface area contributed by atoms with Crippen LogP contribution in [0, 0.1) is 0 Å². The lowest BCUT2D eigenvalue weighted by molar-refractivity contribution is 0.0608. The molecule has 7 heteroatoms. The number of piperazine rings is 1. The summed E-state index contributed by atoms with van der Waals surface area (Å²) in [5, 5.41) is 9.54. The van der Waals surface area contributed by atoms with Crippen LogP contribution in [0.4, 0.5) is 15.5 Å². The van der Waals surface area contributed by atoms with Gasteiger partial charge in [-0.3, -0.25) is 10.1 Å². The lowest BCUT2D eigenvalue weighted by Crippen LogP contribution is -2.57. The molecule has 1 aliphatic rings. The number of amides is 3. The van der Waals surface area contributed by atoms with Crippen LogP contribution in [0.5, 0.6) is 0 Å². The Hall–Kier alpha value is -2.38. The molecule has 0 bridgehead atoms. The molecule has 132 valence electrons. The van der Waals surface area contributed by atoms with Crippen molar-refractivity contribution in [2.24, 2.45) is 0 Å². The van der Waals surface area contributed by atoms with Crippen LogP contribution in [-0.2, 0) is 0 Å². The van der Waals surface area contributed by atoms with Crippen molar-refractivity contribution < 1.29 is 9.59 Å². The van der Waals surface area contributed by atoms with E-state index in [4.69, 9.17) is 0 Å². The van der Waals surface area contributed by atoms with Crippen molar-refractivity contribution in [1.82, 2.24) is 10.2 Å². The number of rotatable bonds is 3. The number of thiophene rings is 1. The van der Waals surface area contributed by atoms with E-state index in [0.29, 0.717) is 16.4 Å². The van der Waals surface area contributed by atoms with E-state index in [1.54, 1.807) is 12.1 Å². The molecule has 3 amide bonds. The predicted molar refractivity (Wildman–Crippen MR) is 101 cm³/mol. The monoisotopic (exact) mass is 358 g/mol. The Balaban J connectivity index is 1.62. The van der Waals surface area contributed by atoms with Crippen molar-refractivity contribution in [3.63, 3.8) is 0 Å². The van der Waals surface area contributed by atoms with Crippen LogP contribution < -0.4 is 16.0 Å². The second kappa shape index (κ2) is 7.67. The molecule has 0 saturated carbocycles. The van der Waals surface area contributed by atoms with Crippen molar-refractivity contribution in [3.05, 3.63) is 47.3 Å². The third kappa shape index (κ3) is 4.18. The minimum Gasteiger partial charge on any atom is -0.332 e. The summed E-state index contributed by atoms with van der Waals surface area (Å²) in [5.41, 5.74) is 0.719. The van der Waals surface area contributed by atoms with Crippen LogP contribution in [0.3, 0.4) is 0 Å². The Kier molecular flexibility index (Phi) is 5.35. The van der Waals surface area contributed by atoms with Crippen LogP contribution in [-0.4, -0.2) is 42.0 Å². The summed E-state index contributed by atoms with van der Waals surface area (Å²) in [6.45, 7) is 5.63. The fraction of sp³-hybridized carbons (Fsp3) is 0.333. The van der Waals surface area contributed by atoms with Crippen molar-refractivity contribution in [2.45, 2.75) is 25.9 Å². The normalized spacial score (nSPS) is 20.2. The van der Waals surface area contributed by atoms with Gasteiger partial charge in [-0.2, -0.15) is 0 Å². The molecular weight excluding hydrogens is 336 g/mol. The number of carbonyl (C=O) groups is 2. The average molecular weight is 358 g/mol. The Morgan fingerprint density at radius 3 is 2.64 bits per heavy atom. The summed E-state index contributed by atoms with van der Waals surface area (Å²) < 4.78 is 0. The van der Waals surface area contributed by atoms with E-state index in [2.05, 4.69) is 29.8 Å². The number of para-hydroxylation sites is 1. The summed E-state index contributed by atoms with van der Waals surface area (Å²) in [6.07, 6.45) is 0. The summed E-state index contributed by atoms with van der Waals surface area (Å²) in [7, 11) is 0. The number of hydrogen-bond donors (Lipinski definition) is 3. The summed E-state index contributed by atoms with van der Waals surface area (Å²) in [5.74, 6) is 0.0161. The van der Waals surface area contributed by atoms with Gasteiger partial charge in [-0.15, -0.1) is 11.3 Å². The van der Waals surface area contributed by atoms with Gasteiger partial charge in [0, 0.05) is 30.9 Å². The van der Waals surface area contributed by atoms with E-state index in [0.717, 1.165) is 12.2 Å². The van der Waals surface area contributed by atoms with E-state index in [-0.39, 0.29) is 24.0 Å². The first kappa shape index (κ1) is 17.4. The maximum absolute atomic E-state index is 12.7. The fourth-order valence-electron chi connectivity index (χ4n) is 2.80. The van der Waals surface area contributed by atoms with E-state index in [9.17, 15) is 9.59 Å². The van der Waals surface area contributed by atoms with Crippen molar-refractivity contribution in [3.8, 4) is 0 Å². The highest BCUT2D eigenvalue weighted by Gasteiger charge is 2.29. The molecule has 3 rings (SSSR count). The molecule has 6 nitrogen and oxygen atoms in total. The Labute approximate surface area is 151 Å². The molecule has 2 atom stereocenters. The molecule has 0 aliphatic carbocycles. The zero-order valence-corrected chi connectivity index (χ0v) is 15.1. The predicted octanol–water partition coefficient (Wildman–Crippen LogP) is 3.21. The van der Waals surface area contributed by atoms with Gasteiger partial charge in [-0.25, -0.2) is 4.79 Å². The van der Waals surface area contributed by atoms with Crippen LogP contribution in [0.25, 0.3) is 0 Å². The van der Waals surface area contributed by atoms with Gasteiger partial charge in [-0.1, -0.05) is 18.2 Å². The minimum atomic E-state index is -0.323. The highest BCUT2D eigenvalue weighted by Crippen LogP contribution is 2.25. The Morgan fingerprint density at radius 1 is 1.12 bits per heavy atom. The first-order chi connectivity index (χ1) is 12.0. The highest BCUT2D eigenvalue weighted by atomic mass is 32.1. The number of nitrogens with one attached hydrogen (secondary N) is 3. The smallest absolute Gasteiger partial charge is 0.324 e. The molecule has 3 N–H and O–H groups in total. The maximum atomic E-state index is 12.7. The highest BCUT2D eigenvalue weighted by molar-refractivity contribution is 7.18. The maximum Gasteiger partial charge on any atom is 0.324 e. The summed E-state index contributed by atoms with van der Waals surface area (Å²) >= 11 is 1.29. The van der Waals surface area contributed by atoms with Crippen LogP contribution in [0.2, 0.25) is 0 Å². The summed E-state index contributed by atoms with van der Waals surface area (Å²) in [4.78, 5) is 27.3. The van der Waals surface area contributed by atoms with Crippen LogP contribution >= 0.6 is 11.3 Å². The van der Waals surface area contributed by atoms with Gasteiger partial charge in [0.25, 0.3) is 5.91 Å². The molecule has 1 aromatic heterocycles. The van der Waals surface area contributed by atoms with Gasteiger partial charge >= 0.3 is 6.03 Å². The number of urea groups is 1. The first-order valence-electron chi connectivity index (χ1n) is 8.32. The fourth-order valence-corrected chi connectivity index (χ4v) is 3.66. The average Bonchev–Trinajstić information content (AvgIpc) is 3.06. The molecular formula is C18H22N4O2S. The standard InChI is InChI=1S/C18H22N4O2S/c1-12-13(2)22(11-10-19-12)17(23)15-8-9-16(25-15)21-18(24)20-14-6-4-3-5-7-14/h3-9,12-13,19H,10-11H2,1-2H3,(H2,20,21,24).